The molecule has 1 unspecified atom stereocenters. The minimum absolute atomic E-state index is 0.753. The first-order chi connectivity index (χ1) is 9.26. The van der Waals surface area contributed by atoms with Crippen molar-refractivity contribution >= 4 is 0 Å². The van der Waals surface area contributed by atoms with E-state index in [4.69, 9.17) is 9.72 Å². The molecule has 0 saturated carbocycles. The zero-order chi connectivity index (χ0) is 13.2. The van der Waals surface area contributed by atoms with E-state index in [1.165, 1.54) is 17.7 Å². The van der Waals surface area contributed by atoms with Gasteiger partial charge in [0.1, 0.15) is 5.75 Å². The molecule has 0 N–H and O–H groups in total. The molecule has 1 aliphatic carbocycles. The van der Waals surface area contributed by atoms with Gasteiger partial charge in [0.15, 0.2) is 5.82 Å². The van der Waals surface area contributed by atoms with Crippen LogP contribution in [-0.4, -0.2) is 17.1 Å². The van der Waals surface area contributed by atoms with Gasteiger partial charge in [-0.05, 0) is 55.0 Å². The van der Waals surface area contributed by atoms with E-state index in [2.05, 4.69) is 11.9 Å². The van der Waals surface area contributed by atoms with Crippen molar-refractivity contribution in [2.75, 3.05) is 7.11 Å². The van der Waals surface area contributed by atoms with E-state index >= 15 is 0 Å². The van der Waals surface area contributed by atoms with Gasteiger partial charge in [-0.25, -0.2) is 9.97 Å². The SMILES string of the molecule is COc1ccc(-c2ncc3c(n2)CCC(C)C3)cc1. The molecule has 19 heavy (non-hydrogen) atoms. The summed E-state index contributed by atoms with van der Waals surface area (Å²) in [6.07, 6.45) is 5.41. The summed E-state index contributed by atoms with van der Waals surface area (Å²) in [5.74, 6) is 2.43. The summed E-state index contributed by atoms with van der Waals surface area (Å²) >= 11 is 0. The van der Waals surface area contributed by atoms with Crippen molar-refractivity contribution in [2.45, 2.75) is 26.2 Å². The highest BCUT2D eigenvalue weighted by Gasteiger charge is 2.17. The Morgan fingerprint density at radius 2 is 2.00 bits per heavy atom. The number of benzene rings is 1. The van der Waals surface area contributed by atoms with Crippen molar-refractivity contribution < 1.29 is 4.74 Å². The predicted molar refractivity (Wildman–Crippen MR) is 75.2 cm³/mol. The second-order valence-electron chi connectivity index (χ2n) is 5.24. The fourth-order valence-corrected chi connectivity index (χ4v) is 2.57. The maximum Gasteiger partial charge on any atom is 0.159 e. The molecule has 0 radical (unpaired) electrons. The first-order valence-corrected chi connectivity index (χ1v) is 6.75. The van der Waals surface area contributed by atoms with Crippen molar-refractivity contribution in [2.24, 2.45) is 5.92 Å². The van der Waals surface area contributed by atoms with Crippen LogP contribution in [0.3, 0.4) is 0 Å². The maximum atomic E-state index is 5.17. The number of fused-ring (bicyclic) bond motifs is 1. The Bertz CT molecular complexity index is 578. The molecule has 3 rings (SSSR count). The van der Waals surface area contributed by atoms with Crippen LogP contribution in [0.5, 0.6) is 5.75 Å². The average molecular weight is 254 g/mol. The van der Waals surface area contributed by atoms with Gasteiger partial charge in [-0.15, -0.1) is 0 Å². The molecule has 0 fully saturated rings. The highest BCUT2D eigenvalue weighted by atomic mass is 16.5. The largest absolute Gasteiger partial charge is 0.497 e. The van der Waals surface area contributed by atoms with E-state index in [-0.39, 0.29) is 0 Å². The molecule has 1 aromatic carbocycles. The summed E-state index contributed by atoms with van der Waals surface area (Å²) in [7, 11) is 1.67. The number of ether oxygens (including phenoxy) is 1. The van der Waals surface area contributed by atoms with E-state index in [0.717, 1.165) is 35.9 Å². The van der Waals surface area contributed by atoms with Gasteiger partial charge >= 0.3 is 0 Å². The lowest BCUT2D eigenvalue weighted by atomic mass is 9.89. The molecule has 0 amide bonds. The normalized spacial score (nSPS) is 17.9. The van der Waals surface area contributed by atoms with Crippen molar-refractivity contribution in [1.29, 1.82) is 0 Å². The van der Waals surface area contributed by atoms with Gasteiger partial charge < -0.3 is 4.74 Å². The van der Waals surface area contributed by atoms with Gasteiger partial charge in [-0.3, -0.25) is 0 Å². The summed E-state index contributed by atoms with van der Waals surface area (Å²) in [6.45, 7) is 2.29. The molecule has 1 heterocycles. The monoisotopic (exact) mass is 254 g/mol. The minimum Gasteiger partial charge on any atom is -0.497 e. The Hall–Kier alpha value is -1.90. The third kappa shape index (κ3) is 2.46. The molecule has 0 bridgehead atoms. The van der Waals surface area contributed by atoms with Crippen molar-refractivity contribution in [3.05, 3.63) is 41.7 Å². The van der Waals surface area contributed by atoms with Crippen LogP contribution in [0.25, 0.3) is 11.4 Å². The molecule has 98 valence electrons. The number of aromatic nitrogens is 2. The zero-order valence-corrected chi connectivity index (χ0v) is 11.4. The topological polar surface area (TPSA) is 35.0 Å². The average Bonchev–Trinajstić information content (AvgIpc) is 2.47. The highest BCUT2D eigenvalue weighted by molar-refractivity contribution is 5.56. The third-order valence-corrected chi connectivity index (χ3v) is 3.74. The molecule has 1 aromatic heterocycles. The lowest BCUT2D eigenvalue weighted by Crippen LogP contribution is -2.14. The Balaban J connectivity index is 1.93. The van der Waals surface area contributed by atoms with E-state index in [0.29, 0.717) is 0 Å². The van der Waals surface area contributed by atoms with Crippen LogP contribution in [0.4, 0.5) is 0 Å². The predicted octanol–water partition coefficient (Wildman–Crippen LogP) is 3.28. The quantitative estimate of drug-likeness (QED) is 0.825. The summed E-state index contributed by atoms with van der Waals surface area (Å²) < 4.78 is 5.17. The Morgan fingerprint density at radius 3 is 2.74 bits per heavy atom. The third-order valence-electron chi connectivity index (χ3n) is 3.74. The number of aryl methyl sites for hydroxylation is 1. The molecule has 1 aliphatic rings. The van der Waals surface area contributed by atoms with Gasteiger partial charge in [-0.2, -0.15) is 0 Å². The van der Waals surface area contributed by atoms with Crippen LogP contribution in [0.2, 0.25) is 0 Å². The van der Waals surface area contributed by atoms with Crippen LogP contribution in [0.15, 0.2) is 30.5 Å². The number of rotatable bonds is 2. The second-order valence-corrected chi connectivity index (χ2v) is 5.24. The lowest BCUT2D eigenvalue weighted by Gasteiger charge is -2.20. The number of methoxy groups -OCH3 is 1. The molecule has 0 aliphatic heterocycles. The molecular weight excluding hydrogens is 236 g/mol. The first-order valence-electron chi connectivity index (χ1n) is 6.75. The molecule has 2 aromatic rings. The molecule has 0 saturated heterocycles. The van der Waals surface area contributed by atoms with Crippen molar-refractivity contribution in [3.63, 3.8) is 0 Å². The second kappa shape index (κ2) is 5.00. The zero-order valence-electron chi connectivity index (χ0n) is 11.4. The van der Waals surface area contributed by atoms with E-state index in [9.17, 15) is 0 Å². The molecule has 1 atom stereocenters. The van der Waals surface area contributed by atoms with E-state index < -0.39 is 0 Å². The first kappa shape index (κ1) is 12.2. The standard InChI is InChI=1S/C16H18N2O/c1-11-3-8-15-13(9-11)10-17-16(18-15)12-4-6-14(19-2)7-5-12/h4-7,10-11H,3,8-9H2,1-2H3. The number of hydrogen-bond donors (Lipinski definition) is 0. The maximum absolute atomic E-state index is 5.17. The van der Waals surface area contributed by atoms with Gasteiger partial charge in [-0.1, -0.05) is 6.92 Å². The van der Waals surface area contributed by atoms with Crippen LogP contribution < -0.4 is 4.74 Å². The Morgan fingerprint density at radius 1 is 1.21 bits per heavy atom. The van der Waals surface area contributed by atoms with Gasteiger partial charge in [0, 0.05) is 17.5 Å². The summed E-state index contributed by atoms with van der Waals surface area (Å²) in [4.78, 5) is 9.22. The van der Waals surface area contributed by atoms with Gasteiger partial charge in [0.2, 0.25) is 0 Å². The fraction of sp³-hybridized carbons (Fsp3) is 0.375. The smallest absolute Gasteiger partial charge is 0.159 e. The molecular formula is C16H18N2O. The summed E-state index contributed by atoms with van der Waals surface area (Å²) in [5, 5.41) is 0. The number of nitrogens with zero attached hydrogens (tertiary/aromatic N) is 2. The van der Waals surface area contributed by atoms with Crippen LogP contribution >= 0.6 is 0 Å². The number of hydrogen-bond acceptors (Lipinski definition) is 3. The van der Waals surface area contributed by atoms with Crippen LogP contribution in [0, 0.1) is 5.92 Å². The van der Waals surface area contributed by atoms with Crippen LogP contribution in [0.1, 0.15) is 24.6 Å². The fourth-order valence-electron chi connectivity index (χ4n) is 2.57. The van der Waals surface area contributed by atoms with Crippen LogP contribution in [-0.2, 0) is 12.8 Å². The van der Waals surface area contributed by atoms with Crippen molar-refractivity contribution in [1.82, 2.24) is 9.97 Å². The van der Waals surface area contributed by atoms with Gasteiger partial charge in [0.25, 0.3) is 0 Å². The van der Waals surface area contributed by atoms with Crippen molar-refractivity contribution in [3.8, 4) is 17.1 Å². The lowest BCUT2D eigenvalue weighted by molar-refractivity contribution is 0.415. The summed E-state index contributed by atoms with van der Waals surface area (Å²) in [6, 6.07) is 7.90. The highest BCUT2D eigenvalue weighted by Crippen LogP contribution is 2.26. The van der Waals surface area contributed by atoms with Gasteiger partial charge in [0.05, 0.1) is 7.11 Å². The molecule has 3 heteroatoms. The summed E-state index contributed by atoms with van der Waals surface area (Å²) in [5.41, 5.74) is 3.58. The molecule has 0 spiro atoms. The van der Waals surface area contributed by atoms with E-state index in [1.54, 1.807) is 7.11 Å². The Kier molecular flexibility index (Phi) is 3.20. The van der Waals surface area contributed by atoms with E-state index in [1.807, 2.05) is 30.5 Å². The Labute approximate surface area is 113 Å². The minimum atomic E-state index is 0.753. The molecule has 3 nitrogen and oxygen atoms in total.